The molecule has 142 valence electrons. The molecule has 0 radical (unpaired) electrons. The van der Waals surface area contributed by atoms with Crippen molar-refractivity contribution >= 4 is 55.8 Å². The largest absolute Gasteiger partial charge is 0.465 e. The van der Waals surface area contributed by atoms with Gasteiger partial charge in [-0.1, -0.05) is 13.8 Å². The lowest BCUT2D eigenvalue weighted by Gasteiger charge is -2.23. The summed E-state index contributed by atoms with van der Waals surface area (Å²) in [5, 5.41) is 5.04. The molecule has 1 aromatic heterocycles. The second-order valence-corrected chi connectivity index (χ2v) is 10.4. The number of carbonyl (C=O) groups excluding carboxylic acids is 1. The van der Waals surface area contributed by atoms with Gasteiger partial charge in [-0.2, -0.15) is 0 Å². The van der Waals surface area contributed by atoms with Gasteiger partial charge in [0.15, 0.2) is 0 Å². The van der Waals surface area contributed by atoms with E-state index in [1.807, 2.05) is 0 Å². The maximum atomic E-state index is 12.5. The van der Waals surface area contributed by atoms with Gasteiger partial charge in [-0.05, 0) is 12.1 Å². The standard InChI is InChI=1S/C13H18N2O6S3.ClH/c1-9(2)12(16)21-7-3-5-15-6-4-10-8-11(23(14,17)18)22-13(10)24(15,19)20;/h4,6,8-9H,3,5,7H2,1-2H3,(H2,14,17,18);1H. The van der Waals surface area contributed by atoms with Crippen LogP contribution in [0.25, 0.3) is 6.08 Å². The van der Waals surface area contributed by atoms with Gasteiger partial charge >= 0.3 is 5.97 Å². The highest BCUT2D eigenvalue weighted by molar-refractivity contribution is 7.94. The minimum Gasteiger partial charge on any atom is -0.465 e. The van der Waals surface area contributed by atoms with Crippen LogP contribution in [0.15, 0.2) is 20.7 Å². The third kappa shape index (κ3) is 4.94. The second kappa shape index (κ2) is 8.04. The zero-order chi connectivity index (χ0) is 18.1. The molecule has 0 unspecified atom stereocenters. The summed E-state index contributed by atoms with van der Waals surface area (Å²) in [7, 11) is -7.79. The predicted octanol–water partition coefficient (Wildman–Crippen LogP) is 1.38. The summed E-state index contributed by atoms with van der Waals surface area (Å²) in [6, 6.07) is 1.24. The number of hydrogen-bond donors (Lipinski definition) is 1. The van der Waals surface area contributed by atoms with Crippen LogP contribution in [0.2, 0.25) is 0 Å². The van der Waals surface area contributed by atoms with Gasteiger partial charge in [0.1, 0.15) is 8.42 Å². The third-order valence-electron chi connectivity index (χ3n) is 3.18. The average molecular weight is 431 g/mol. The average Bonchev–Trinajstić information content (AvgIpc) is 2.90. The Morgan fingerprint density at radius 2 is 2.04 bits per heavy atom. The van der Waals surface area contributed by atoms with E-state index in [-0.39, 0.29) is 45.9 Å². The van der Waals surface area contributed by atoms with Crippen molar-refractivity contribution in [1.29, 1.82) is 0 Å². The van der Waals surface area contributed by atoms with Crippen LogP contribution in [0.5, 0.6) is 0 Å². The molecule has 0 saturated carbocycles. The van der Waals surface area contributed by atoms with Crippen LogP contribution >= 0.6 is 23.7 Å². The molecular formula is C13H19ClN2O6S3. The molecule has 0 amide bonds. The molecule has 0 atom stereocenters. The lowest BCUT2D eigenvalue weighted by Crippen LogP contribution is -2.29. The van der Waals surface area contributed by atoms with Gasteiger partial charge in [-0.25, -0.2) is 22.0 Å². The first-order valence-corrected chi connectivity index (χ1v) is 10.9. The first-order valence-electron chi connectivity index (χ1n) is 7.07. The molecule has 2 heterocycles. The summed E-state index contributed by atoms with van der Waals surface area (Å²) in [6.07, 6.45) is 3.20. The summed E-state index contributed by atoms with van der Waals surface area (Å²) < 4.78 is 53.6. The van der Waals surface area contributed by atoms with Crippen LogP contribution in [0.1, 0.15) is 25.8 Å². The number of hydrogen-bond acceptors (Lipinski definition) is 7. The van der Waals surface area contributed by atoms with Crippen molar-refractivity contribution in [2.24, 2.45) is 11.1 Å². The lowest BCUT2D eigenvalue weighted by molar-refractivity contribution is -0.147. The molecule has 0 aliphatic carbocycles. The molecular weight excluding hydrogens is 412 g/mol. The van der Waals surface area contributed by atoms with E-state index >= 15 is 0 Å². The monoisotopic (exact) mass is 430 g/mol. The van der Waals surface area contributed by atoms with Gasteiger partial charge in [-0.15, -0.1) is 23.7 Å². The van der Waals surface area contributed by atoms with Gasteiger partial charge in [0.2, 0.25) is 10.0 Å². The highest BCUT2D eigenvalue weighted by Gasteiger charge is 2.31. The van der Waals surface area contributed by atoms with E-state index in [1.54, 1.807) is 13.8 Å². The van der Waals surface area contributed by atoms with Crippen LogP contribution in [-0.4, -0.2) is 40.3 Å². The number of esters is 1. The molecule has 0 spiro atoms. The quantitative estimate of drug-likeness (QED) is 0.537. The SMILES string of the molecule is CC(C)C(=O)OCCCN1C=Cc2cc(S(N)(=O)=O)sc2S1(=O)=O.Cl. The topological polar surface area (TPSA) is 124 Å². The summed E-state index contributed by atoms with van der Waals surface area (Å²) in [5.74, 6) is -0.584. The van der Waals surface area contributed by atoms with E-state index in [2.05, 4.69) is 0 Å². The second-order valence-electron chi connectivity index (χ2n) is 5.46. The number of carbonyl (C=O) groups is 1. The molecule has 25 heavy (non-hydrogen) atoms. The van der Waals surface area contributed by atoms with Crippen molar-refractivity contribution in [1.82, 2.24) is 4.31 Å². The molecule has 0 aromatic carbocycles. The molecule has 2 rings (SSSR count). The van der Waals surface area contributed by atoms with E-state index in [0.717, 1.165) is 4.31 Å². The first kappa shape index (κ1) is 21.9. The number of nitrogens with two attached hydrogens (primary N) is 1. The summed E-state index contributed by atoms with van der Waals surface area (Å²) in [6.45, 7) is 3.64. The molecule has 12 heteroatoms. The Kier molecular flexibility index (Phi) is 7.04. The number of halogens is 1. The number of sulfonamides is 2. The molecule has 8 nitrogen and oxygen atoms in total. The normalized spacial score (nSPS) is 15.6. The number of nitrogens with zero attached hydrogens (tertiary/aromatic N) is 1. The number of rotatable bonds is 6. The molecule has 1 aliphatic rings. The Labute approximate surface area is 157 Å². The van der Waals surface area contributed by atoms with Gasteiger partial charge in [0, 0.05) is 24.7 Å². The number of thiophene rings is 1. The molecule has 1 aromatic rings. The molecule has 0 fully saturated rings. The van der Waals surface area contributed by atoms with Crippen LogP contribution in [0.4, 0.5) is 0 Å². The maximum absolute atomic E-state index is 12.5. The van der Waals surface area contributed by atoms with Gasteiger partial charge < -0.3 is 4.74 Å². The minimum absolute atomic E-state index is 0. The van der Waals surface area contributed by atoms with E-state index in [0.29, 0.717) is 23.3 Å². The van der Waals surface area contributed by atoms with Crippen molar-refractivity contribution in [3.63, 3.8) is 0 Å². The Bertz CT molecular complexity index is 874. The van der Waals surface area contributed by atoms with Crippen molar-refractivity contribution < 1.29 is 26.4 Å². The Morgan fingerprint density at radius 1 is 1.40 bits per heavy atom. The van der Waals surface area contributed by atoms with Crippen molar-refractivity contribution in [3.05, 3.63) is 17.8 Å². The fraction of sp³-hybridized carbons (Fsp3) is 0.462. The fourth-order valence-corrected chi connectivity index (χ4v) is 5.91. The van der Waals surface area contributed by atoms with Crippen LogP contribution in [-0.2, 0) is 29.6 Å². The summed E-state index contributed by atoms with van der Waals surface area (Å²) in [5.41, 5.74) is 0.298. The predicted molar refractivity (Wildman–Crippen MR) is 96.3 cm³/mol. The molecule has 1 aliphatic heterocycles. The van der Waals surface area contributed by atoms with Crippen molar-refractivity contribution in [2.75, 3.05) is 13.2 Å². The lowest BCUT2D eigenvalue weighted by atomic mass is 10.2. The number of fused-ring (bicyclic) bond motifs is 1. The van der Waals surface area contributed by atoms with E-state index in [9.17, 15) is 21.6 Å². The fourth-order valence-electron chi connectivity index (χ4n) is 1.93. The molecule has 0 saturated heterocycles. The molecule has 0 bridgehead atoms. The Hall–Kier alpha value is -1.14. The molecule has 2 N–H and O–H groups in total. The smallest absolute Gasteiger partial charge is 0.308 e. The zero-order valence-electron chi connectivity index (χ0n) is 13.5. The maximum Gasteiger partial charge on any atom is 0.308 e. The van der Waals surface area contributed by atoms with Crippen LogP contribution in [0.3, 0.4) is 0 Å². The summed E-state index contributed by atoms with van der Waals surface area (Å²) >= 11 is 0.622. The van der Waals surface area contributed by atoms with E-state index in [1.165, 1.54) is 18.3 Å². The van der Waals surface area contributed by atoms with Crippen LogP contribution in [0, 0.1) is 5.92 Å². The highest BCUT2D eigenvalue weighted by atomic mass is 35.5. The number of primary sulfonamides is 1. The van der Waals surface area contributed by atoms with Gasteiger partial charge in [0.05, 0.1) is 12.5 Å². The first-order chi connectivity index (χ1) is 11.0. The van der Waals surface area contributed by atoms with Gasteiger partial charge in [-0.3, -0.25) is 9.10 Å². The number of ether oxygens (including phenoxy) is 1. The zero-order valence-corrected chi connectivity index (χ0v) is 16.8. The Balaban J connectivity index is 0.00000312. The summed E-state index contributed by atoms with van der Waals surface area (Å²) in [4.78, 5) is 11.3. The van der Waals surface area contributed by atoms with Crippen molar-refractivity contribution in [3.8, 4) is 0 Å². The minimum atomic E-state index is -3.96. The van der Waals surface area contributed by atoms with Crippen molar-refractivity contribution in [2.45, 2.75) is 28.7 Å². The Morgan fingerprint density at radius 3 is 2.60 bits per heavy atom. The highest BCUT2D eigenvalue weighted by Crippen LogP contribution is 2.35. The van der Waals surface area contributed by atoms with E-state index in [4.69, 9.17) is 9.88 Å². The van der Waals surface area contributed by atoms with Gasteiger partial charge in [0.25, 0.3) is 10.0 Å². The third-order valence-corrected chi connectivity index (χ3v) is 8.06. The van der Waals surface area contributed by atoms with Crippen LogP contribution < -0.4 is 5.14 Å². The van der Waals surface area contributed by atoms with E-state index < -0.39 is 20.0 Å².